The van der Waals surface area contributed by atoms with Gasteiger partial charge in [-0.2, -0.15) is 0 Å². The normalized spacial score (nSPS) is 13.8. The van der Waals surface area contributed by atoms with Crippen LogP contribution in [0, 0.1) is 19.7 Å². The molecule has 202 valence electrons. The Labute approximate surface area is 223 Å². The molecular weight excluding hydrogens is 509 g/mol. The molecular formula is C28H32FN3O5S. The molecule has 1 aliphatic rings. The SMILES string of the molecule is COc1ccc(S(=O)(=O)N(CC(=O)N2CCN(c3cccc(C)c3C)CC2)c2ccc(F)cc2)cc1OC. The van der Waals surface area contributed by atoms with Gasteiger partial charge < -0.3 is 19.3 Å². The van der Waals surface area contributed by atoms with Gasteiger partial charge in [-0.05, 0) is 67.4 Å². The highest BCUT2D eigenvalue weighted by atomic mass is 32.2. The number of carbonyl (C=O) groups excluding carboxylic acids is 1. The molecule has 0 atom stereocenters. The van der Waals surface area contributed by atoms with Crippen LogP contribution in [0.1, 0.15) is 11.1 Å². The second-order valence-corrected chi connectivity index (χ2v) is 11.0. The number of benzene rings is 3. The molecule has 1 aliphatic heterocycles. The van der Waals surface area contributed by atoms with Crippen molar-refractivity contribution in [1.29, 1.82) is 0 Å². The van der Waals surface area contributed by atoms with Crippen LogP contribution in [0.25, 0.3) is 0 Å². The second-order valence-electron chi connectivity index (χ2n) is 9.09. The van der Waals surface area contributed by atoms with Crippen molar-refractivity contribution < 1.29 is 27.1 Å². The maximum atomic E-state index is 13.8. The summed E-state index contributed by atoms with van der Waals surface area (Å²) < 4.78 is 52.7. The highest BCUT2D eigenvalue weighted by Gasteiger charge is 2.31. The van der Waals surface area contributed by atoms with Crippen LogP contribution in [0.2, 0.25) is 0 Å². The summed E-state index contributed by atoms with van der Waals surface area (Å²) in [6.07, 6.45) is 0. The summed E-state index contributed by atoms with van der Waals surface area (Å²) >= 11 is 0. The van der Waals surface area contributed by atoms with Gasteiger partial charge in [0, 0.05) is 37.9 Å². The fraction of sp³-hybridized carbons (Fsp3) is 0.321. The van der Waals surface area contributed by atoms with Gasteiger partial charge in [0.05, 0.1) is 24.8 Å². The Bertz CT molecular complexity index is 1400. The molecule has 1 fully saturated rings. The zero-order chi connectivity index (χ0) is 27.4. The molecule has 10 heteroatoms. The largest absolute Gasteiger partial charge is 0.493 e. The van der Waals surface area contributed by atoms with Crippen molar-refractivity contribution in [3.63, 3.8) is 0 Å². The average molecular weight is 542 g/mol. The molecule has 1 saturated heterocycles. The van der Waals surface area contributed by atoms with Crippen molar-refractivity contribution in [3.8, 4) is 11.5 Å². The standard InChI is InChI=1S/C28H32FN3O5S/c1-20-6-5-7-25(21(20)2)30-14-16-31(17-15-30)28(33)19-32(23-10-8-22(29)9-11-23)38(34,35)24-12-13-26(36-3)27(18-24)37-4/h5-13,18H,14-17,19H2,1-4H3. The molecule has 4 rings (SSSR count). The molecule has 1 heterocycles. The number of hydrogen-bond donors (Lipinski definition) is 0. The molecule has 0 aromatic heterocycles. The number of halogens is 1. The van der Waals surface area contributed by atoms with E-state index in [9.17, 15) is 17.6 Å². The summed E-state index contributed by atoms with van der Waals surface area (Å²) in [5.41, 5.74) is 3.73. The Morgan fingerprint density at radius 3 is 2.21 bits per heavy atom. The van der Waals surface area contributed by atoms with Crippen LogP contribution in [0.5, 0.6) is 11.5 Å². The van der Waals surface area contributed by atoms with Crippen molar-refractivity contribution in [2.45, 2.75) is 18.7 Å². The first-order valence-corrected chi connectivity index (χ1v) is 13.7. The molecule has 0 radical (unpaired) electrons. The lowest BCUT2D eigenvalue weighted by Gasteiger charge is -2.38. The van der Waals surface area contributed by atoms with E-state index in [1.54, 1.807) is 4.90 Å². The molecule has 0 bridgehead atoms. The van der Waals surface area contributed by atoms with Gasteiger partial charge in [0.2, 0.25) is 5.91 Å². The minimum Gasteiger partial charge on any atom is -0.493 e. The quantitative estimate of drug-likeness (QED) is 0.429. The Hall–Kier alpha value is -3.79. The lowest BCUT2D eigenvalue weighted by Crippen LogP contribution is -2.52. The summed E-state index contributed by atoms with van der Waals surface area (Å²) in [5.74, 6) is -0.232. The average Bonchev–Trinajstić information content (AvgIpc) is 2.93. The monoisotopic (exact) mass is 541 g/mol. The van der Waals surface area contributed by atoms with Gasteiger partial charge in [-0.25, -0.2) is 12.8 Å². The lowest BCUT2D eigenvalue weighted by molar-refractivity contribution is -0.129. The van der Waals surface area contributed by atoms with Crippen LogP contribution in [-0.2, 0) is 14.8 Å². The summed E-state index contributed by atoms with van der Waals surface area (Å²) in [7, 11) is -1.34. The van der Waals surface area contributed by atoms with E-state index >= 15 is 0 Å². The first-order valence-electron chi connectivity index (χ1n) is 12.2. The van der Waals surface area contributed by atoms with E-state index in [1.165, 1.54) is 67.8 Å². The molecule has 0 spiro atoms. The summed E-state index contributed by atoms with van der Waals surface area (Å²) in [6.45, 7) is 5.92. The molecule has 1 amide bonds. The predicted octanol–water partition coefficient (Wildman–Crippen LogP) is 4.00. The number of piperazine rings is 1. The first kappa shape index (κ1) is 27.3. The van der Waals surface area contributed by atoms with Crippen LogP contribution in [0.15, 0.2) is 65.6 Å². The highest BCUT2D eigenvalue weighted by Crippen LogP contribution is 2.32. The Balaban J connectivity index is 1.57. The van der Waals surface area contributed by atoms with Gasteiger partial charge in [0.15, 0.2) is 11.5 Å². The van der Waals surface area contributed by atoms with Crippen LogP contribution < -0.4 is 18.7 Å². The van der Waals surface area contributed by atoms with E-state index in [4.69, 9.17) is 9.47 Å². The van der Waals surface area contributed by atoms with Crippen LogP contribution >= 0.6 is 0 Å². The topological polar surface area (TPSA) is 79.4 Å². The molecule has 0 unspecified atom stereocenters. The fourth-order valence-electron chi connectivity index (χ4n) is 4.52. The summed E-state index contributed by atoms with van der Waals surface area (Å²) in [4.78, 5) is 17.2. The number of nitrogens with zero attached hydrogens (tertiary/aromatic N) is 3. The zero-order valence-electron chi connectivity index (χ0n) is 22.0. The maximum absolute atomic E-state index is 13.8. The maximum Gasteiger partial charge on any atom is 0.264 e. The van der Waals surface area contributed by atoms with Gasteiger partial charge >= 0.3 is 0 Å². The van der Waals surface area contributed by atoms with Crippen molar-refractivity contribution in [2.24, 2.45) is 0 Å². The Morgan fingerprint density at radius 1 is 0.921 bits per heavy atom. The third kappa shape index (κ3) is 5.55. The van der Waals surface area contributed by atoms with Crippen molar-refractivity contribution in [3.05, 3.63) is 77.6 Å². The second kappa shape index (κ2) is 11.3. The molecule has 0 saturated carbocycles. The number of anilines is 2. The number of hydrogen-bond acceptors (Lipinski definition) is 6. The van der Waals surface area contributed by atoms with Crippen molar-refractivity contribution >= 4 is 27.3 Å². The van der Waals surface area contributed by atoms with Crippen molar-refractivity contribution in [1.82, 2.24) is 4.90 Å². The molecule has 0 N–H and O–H groups in total. The minimum atomic E-state index is -4.21. The van der Waals surface area contributed by atoms with E-state index in [0.29, 0.717) is 31.9 Å². The van der Waals surface area contributed by atoms with E-state index in [-0.39, 0.29) is 22.2 Å². The Kier molecular flexibility index (Phi) is 8.11. The first-order chi connectivity index (χ1) is 18.1. The van der Waals surface area contributed by atoms with Gasteiger partial charge in [0.25, 0.3) is 10.0 Å². The zero-order valence-corrected chi connectivity index (χ0v) is 22.8. The van der Waals surface area contributed by atoms with Gasteiger partial charge in [0.1, 0.15) is 12.4 Å². The minimum absolute atomic E-state index is 0.0768. The van der Waals surface area contributed by atoms with Crippen LogP contribution in [-0.4, -0.2) is 66.2 Å². The number of aryl methyl sites for hydroxylation is 1. The van der Waals surface area contributed by atoms with E-state index < -0.39 is 22.4 Å². The molecule has 3 aromatic rings. The predicted molar refractivity (Wildman–Crippen MR) is 145 cm³/mol. The molecule has 38 heavy (non-hydrogen) atoms. The lowest BCUT2D eigenvalue weighted by atomic mass is 10.1. The third-order valence-corrected chi connectivity index (χ3v) is 8.66. The third-order valence-electron chi connectivity index (χ3n) is 6.89. The Morgan fingerprint density at radius 2 is 1.58 bits per heavy atom. The van der Waals surface area contributed by atoms with Crippen LogP contribution in [0.4, 0.5) is 15.8 Å². The molecule has 0 aliphatic carbocycles. The van der Waals surface area contributed by atoms with Gasteiger partial charge in [-0.15, -0.1) is 0 Å². The molecule has 8 nitrogen and oxygen atoms in total. The summed E-state index contributed by atoms with van der Waals surface area (Å²) in [6, 6.07) is 15.4. The van der Waals surface area contributed by atoms with E-state index in [1.807, 2.05) is 6.07 Å². The highest BCUT2D eigenvalue weighted by molar-refractivity contribution is 7.92. The number of methoxy groups -OCH3 is 2. The van der Waals surface area contributed by atoms with Gasteiger partial charge in [-0.1, -0.05) is 12.1 Å². The number of amides is 1. The van der Waals surface area contributed by atoms with E-state index in [2.05, 4.69) is 30.9 Å². The summed E-state index contributed by atoms with van der Waals surface area (Å²) in [5, 5.41) is 0. The number of rotatable bonds is 8. The number of sulfonamides is 1. The fourth-order valence-corrected chi connectivity index (χ4v) is 5.95. The van der Waals surface area contributed by atoms with E-state index in [0.717, 1.165) is 9.99 Å². The number of ether oxygens (including phenoxy) is 2. The van der Waals surface area contributed by atoms with Crippen LogP contribution in [0.3, 0.4) is 0 Å². The number of carbonyl (C=O) groups is 1. The van der Waals surface area contributed by atoms with Crippen molar-refractivity contribution in [2.75, 3.05) is 56.1 Å². The smallest absolute Gasteiger partial charge is 0.264 e. The molecule has 3 aromatic carbocycles. The van der Waals surface area contributed by atoms with Gasteiger partial charge in [-0.3, -0.25) is 9.10 Å².